The number of hydrogen-bond donors (Lipinski definition) is 1. The van der Waals surface area contributed by atoms with E-state index in [0.717, 1.165) is 12.2 Å². The predicted octanol–water partition coefficient (Wildman–Crippen LogP) is 3.04. The zero-order valence-electron chi connectivity index (χ0n) is 10.3. The van der Waals surface area contributed by atoms with Gasteiger partial charge in [0.1, 0.15) is 5.75 Å². The third-order valence-electron chi connectivity index (χ3n) is 3.98. The Kier molecular flexibility index (Phi) is 2.83. The normalized spacial score (nSPS) is 22.6. The molecule has 0 spiro atoms. The molecule has 3 rings (SSSR count). The Bertz CT molecular complexity index is 374. The molecule has 2 nitrogen and oxygen atoms in total. The minimum Gasteiger partial charge on any atom is -0.490 e. The molecule has 2 saturated carbocycles. The Morgan fingerprint density at radius 2 is 1.76 bits per heavy atom. The minimum atomic E-state index is 0.105. The van der Waals surface area contributed by atoms with Crippen LogP contribution >= 0.6 is 0 Å². The maximum Gasteiger partial charge on any atom is 0.119 e. The number of hydrogen-bond acceptors (Lipinski definition) is 2. The molecular formula is C15H21NO. The van der Waals surface area contributed by atoms with Gasteiger partial charge in [0, 0.05) is 5.54 Å². The lowest BCUT2D eigenvalue weighted by Crippen LogP contribution is -2.24. The van der Waals surface area contributed by atoms with E-state index in [9.17, 15) is 0 Å². The van der Waals surface area contributed by atoms with E-state index in [1.807, 2.05) is 0 Å². The second-order valence-electron chi connectivity index (χ2n) is 5.71. The third kappa shape index (κ3) is 2.81. The van der Waals surface area contributed by atoms with E-state index in [1.54, 1.807) is 0 Å². The van der Waals surface area contributed by atoms with E-state index in [0.29, 0.717) is 6.10 Å². The molecule has 0 radical (unpaired) electrons. The van der Waals surface area contributed by atoms with Crippen LogP contribution in [0.5, 0.6) is 5.75 Å². The largest absolute Gasteiger partial charge is 0.490 e. The highest BCUT2D eigenvalue weighted by Crippen LogP contribution is 2.35. The van der Waals surface area contributed by atoms with Gasteiger partial charge < -0.3 is 10.5 Å². The molecule has 0 bridgehead atoms. The van der Waals surface area contributed by atoms with Gasteiger partial charge in [-0.05, 0) is 62.6 Å². The van der Waals surface area contributed by atoms with Gasteiger partial charge in [0.2, 0.25) is 0 Å². The van der Waals surface area contributed by atoms with Crippen LogP contribution in [0.1, 0.15) is 44.1 Å². The molecule has 17 heavy (non-hydrogen) atoms. The monoisotopic (exact) mass is 231 g/mol. The van der Waals surface area contributed by atoms with Crippen LogP contribution in [-0.4, -0.2) is 11.6 Å². The molecule has 1 aromatic carbocycles. The summed E-state index contributed by atoms with van der Waals surface area (Å²) in [6.07, 6.45) is 8.88. The fraction of sp³-hybridized carbons (Fsp3) is 0.600. The maximum absolute atomic E-state index is 6.12. The van der Waals surface area contributed by atoms with Gasteiger partial charge in [-0.3, -0.25) is 0 Å². The second-order valence-corrected chi connectivity index (χ2v) is 5.71. The SMILES string of the molecule is NC1(Cc2ccc(OC3CCCC3)cc2)CC1. The van der Waals surface area contributed by atoms with Crippen molar-refractivity contribution in [3.8, 4) is 5.75 Å². The average molecular weight is 231 g/mol. The zero-order chi connectivity index (χ0) is 11.7. The van der Waals surface area contributed by atoms with Crippen molar-refractivity contribution in [2.24, 2.45) is 5.73 Å². The van der Waals surface area contributed by atoms with E-state index in [2.05, 4.69) is 24.3 Å². The van der Waals surface area contributed by atoms with Gasteiger partial charge in [-0.1, -0.05) is 12.1 Å². The Hall–Kier alpha value is -1.02. The van der Waals surface area contributed by atoms with Crippen LogP contribution < -0.4 is 10.5 Å². The highest BCUT2D eigenvalue weighted by atomic mass is 16.5. The molecule has 0 aliphatic heterocycles. The van der Waals surface area contributed by atoms with Crippen LogP contribution in [0.3, 0.4) is 0 Å². The molecule has 0 heterocycles. The lowest BCUT2D eigenvalue weighted by atomic mass is 10.1. The predicted molar refractivity (Wildman–Crippen MR) is 69.2 cm³/mol. The van der Waals surface area contributed by atoms with Crippen molar-refractivity contribution in [1.29, 1.82) is 0 Å². The first kappa shape index (κ1) is 11.1. The van der Waals surface area contributed by atoms with Crippen molar-refractivity contribution in [3.05, 3.63) is 29.8 Å². The molecule has 92 valence electrons. The number of ether oxygens (including phenoxy) is 1. The van der Waals surface area contributed by atoms with Crippen LogP contribution in [0, 0.1) is 0 Å². The van der Waals surface area contributed by atoms with Crippen LogP contribution in [0.2, 0.25) is 0 Å². The topological polar surface area (TPSA) is 35.2 Å². The minimum absolute atomic E-state index is 0.105. The summed E-state index contributed by atoms with van der Waals surface area (Å²) in [5.41, 5.74) is 7.56. The van der Waals surface area contributed by atoms with E-state index >= 15 is 0 Å². The van der Waals surface area contributed by atoms with Crippen LogP contribution in [0.15, 0.2) is 24.3 Å². The summed E-state index contributed by atoms with van der Waals surface area (Å²) in [5.74, 6) is 1.02. The lowest BCUT2D eigenvalue weighted by Gasteiger charge is -2.14. The molecule has 2 aliphatic rings. The molecule has 0 aromatic heterocycles. The Labute approximate surface area is 103 Å². The average Bonchev–Trinajstić information content (AvgIpc) is 2.84. The van der Waals surface area contributed by atoms with Gasteiger partial charge in [0.25, 0.3) is 0 Å². The molecule has 2 fully saturated rings. The Morgan fingerprint density at radius 3 is 2.35 bits per heavy atom. The van der Waals surface area contributed by atoms with Gasteiger partial charge >= 0.3 is 0 Å². The molecule has 0 unspecified atom stereocenters. The molecule has 2 aliphatic carbocycles. The standard InChI is InChI=1S/C15H21NO/c16-15(9-10-15)11-12-5-7-14(8-6-12)17-13-3-1-2-4-13/h5-8,13H,1-4,9-11,16H2. The van der Waals surface area contributed by atoms with Crippen LogP contribution in [0.4, 0.5) is 0 Å². The molecule has 1 aromatic rings. The van der Waals surface area contributed by atoms with Gasteiger partial charge in [0.05, 0.1) is 6.10 Å². The first-order valence-electron chi connectivity index (χ1n) is 6.78. The van der Waals surface area contributed by atoms with E-state index in [4.69, 9.17) is 10.5 Å². The molecular weight excluding hydrogens is 210 g/mol. The van der Waals surface area contributed by atoms with Gasteiger partial charge in [0.15, 0.2) is 0 Å². The Morgan fingerprint density at radius 1 is 1.12 bits per heavy atom. The highest BCUT2D eigenvalue weighted by molar-refractivity contribution is 5.29. The number of benzene rings is 1. The quantitative estimate of drug-likeness (QED) is 0.864. The summed E-state index contributed by atoms with van der Waals surface area (Å²) in [4.78, 5) is 0. The van der Waals surface area contributed by atoms with Crippen molar-refractivity contribution >= 4 is 0 Å². The maximum atomic E-state index is 6.12. The number of rotatable bonds is 4. The summed E-state index contributed by atoms with van der Waals surface area (Å²) in [6, 6.07) is 8.52. The number of nitrogens with two attached hydrogens (primary N) is 1. The van der Waals surface area contributed by atoms with Crippen LogP contribution in [0.25, 0.3) is 0 Å². The lowest BCUT2D eigenvalue weighted by molar-refractivity contribution is 0.210. The van der Waals surface area contributed by atoms with Crippen molar-refractivity contribution in [2.75, 3.05) is 0 Å². The Balaban J connectivity index is 1.59. The van der Waals surface area contributed by atoms with E-state index < -0.39 is 0 Å². The van der Waals surface area contributed by atoms with Gasteiger partial charge in [-0.15, -0.1) is 0 Å². The highest BCUT2D eigenvalue weighted by Gasteiger charge is 2.37. The van der Waals surface area contributed by atoms with Crippen molar-refractivity contribution in [1.82, 2.24) is 0 Å². The first-order chi connectivity index (χ1) is 8.23. The van der Waals surface area contributed by atoms with E-state index in [1.165, 1.54) is 44.1 Å². The summed E-state index contributed by atoms with van der Waals surface area (Å²) < 4.78 is 5.94. The molecule has 0 amide bonds. The van der Waals surface area contributed by atoms with Gasteiger partial charge in [-0.2, -0.15) is 0 Å². The first-order valence-corrected chi connectivity index (χ1v) is 6.78. The summed E-state index contributed by atoms with van der Waals surface area (Å²) >= 11 is 0. The van der Waals surface area contributed by atoms with Crippen LogP contribution in [-0.2, 0) is 6.42 Å². The summed E-state index contributed by atoms with van der Waals surface area (Å²) in [6.45, 7) is 0. The summed E-state index contributed by atoms with van der Waals surface area (Å²) in [5, 5.41) is 0. The van der Waals surface area contributed by atoms with E-state index in [-0.39, 0.29) is 5.54 Å². The van der Waals surface area contributed by atoms with Crippen molar-refractivity contribution < 1.29 is 4.74 Å². The molecule has 0 saturated heterocycles. The zero-order valence-corrected chi connectivity index (χ0v) is 10.3. The van der Waals surface area contributed by atoms with Crippen molar-refractivity contribution in [2.45, 2.75) is 56.6 Å². The molecule has 0 atom stereocenters. The second kappa shape index (κ2) is 4.34. The third-order valence-corrected chi connectivity index (χ3v) is 3.98. The van der Waals surface area contributed by atoms with Gasteiger partial charge in [-0.25, -0.2) is 0 Å². The molecule has 2 N–H and O–H groups in total. The fourth-order valence-electron chi connectivity index (χ4n) is 2.63. The smallest absolute Gasteiger partial charge is 0.119 e. The fourth-order valence-corrected chi connectivity index (χ4v) is 2.63. The molecule has 2 heteroatoms. The van der Waals surface area contributed by atoms with Crippen molar-refractivity contribution in [3.63, 3.8) is 0 Å². The summed E-state index contributed by atoms with van der Waals surface area (Å²) in [7, 11) is 0.